The maximum Gasteiger partial charge on any atom is 0.412 e. The van der Waals surface area contributed by atoms with Crippen LogP contribution in [0.3, 0.4) is 0 Å². The van der Waals surface area contributed by atoms with E-state index in [2.05, 4.69) is 15.6 Å². The second kappa shape index (κ2) is 26.3. The molecular weight excluding hydrogens is 1140 g/mol. The lowest BCUT2D eigenvalue weighted by Crippen LogP contribution is -2.82. The Labute approximate surface area is 499 Å². The molecule has 4 aromatic rings. The fraction of sp³-hybridized carbons (Fsp3) is 0.500. The number of hydrogen-bond acceptors (Lipinski definition) is 21. The van der Waals surface area contributed by atoms with E-state index in [1.807, 2.05) is 6.92 Å². The molecule has 1 aromatic heterocycles. The predicted molar refractivity (Wildman–Crippen MR) is 302 cm³/mol. The van der Waals surface area contributed by atoms with Crippen LogP contribution in [0.15, 0.2) is 113 Å². The summed E-state index contributed by atoms with van der Waals surface area (Å²) in [6.45, 7) is 11.7. The van der Waals surface area contributed by atoms with E-state index in [0.29, 0.717) is 12.0 Å². The van der Waals surface area contributed by atoms with Gasteiger partial charge in [0.1, 0.15) is 36.1 Å². The summed E-state index contributed by atoms with van der Waals surface area (Å²) in [4.78, 5) is 110. The van der Waals surface area contributed by atoms with Gasteiger partial charge in [0.05, 0.1) is 54.6 Å². The molecule has 2 saturated carbocycles. The molecular formula is C62H73FN4O20. The van der Waals surface area contributed by atoms with Crippen LogP contribution in [0.4, 0.5) is 15.0 Å². The number of nitrogens with one attached hydrogen (secondary N) is 2. The summed E-state index contributed by atoms with van der Waals surface area (Å²) in [5.41, 5.74) is -7.97. The Bertz CT molecular complexity index is 3310. The van der Waals surface area contributed by atoms with Crippen molar-refractivity contribution in [3.63, 3.8) is 0 Å². The molecule has 3 aliphatic carbocycles. The van der Waals surface area contributed by atoms with Crippen molar-refractivity contribution in [2.45, 2.75) is 166 Å². The summed E-state index contributed by atoms with van der Waals surface area (Å²) in [6.07, 6.45) is -12.8. The molecule has 87 heavy (non-hydrogen) atoms. The molecule has 3 aromatic carbocycles. The fourth-order valence-electron chi connectivity index (χ4n) is 12.6. The summed E-state index contributed by atoms with van der Waals surface area (Å²) in [5.74, 6) is -8.43. The molecule has 2 saturated heterocycles. The number of aromatic nitrogens is 2. The van der Waals surface area contributed by atoms with E-state index in [9.17, 15) is 63.5 Å². The summed E-state index contributed by atoms with van der Waals surface area (Å²) in [6, 6.07) is 22.9. The summed E-state index contributed by atoms with van der Waals surface area (Å²) in [5, 5.41) is 61.8. The monoisotopic (exact) mass is 1210 g/mol. The Balaban J connectivity index is 0.000000328. The van der Waals surface area contributed by atoms with Crippen molar-refractivity contribution in [2.24, 2.45) is 16.7 Å². The van der Waals surface area contributed by atoms with Gasteiger partial charge in [0.15, 0.2) is 41.5 Å². The van der Waals surface area contributed by atoms with Crippen LogP contribution in [0, 0.1) is 22.6 Å². The highest BCUT2D eigenvalue weighted by molar-refractivity contribution is 5.96. The quantitative estimate of drug-likeness (QED) is 0.0351. The van der Waals surface area contributed by atoms with Crippen LogP contribution in [0.1, 0.15) is 126 Å². The zero-order chi connectivity index (χ0) is 63.5. The maximum absolute atomic E-state index is 15.5. The molecule has 2 bridgehead atoms. The van der Waals surface area contributed by atoms with Crippen LogP contribution in [-0.2, 0) is 52.3 Å². The average molecular weight is 1210 g/mol. The minimum absolute atomic E-state index is 0.00289. The Kier molecular flexibility index (Phi) is 19.7. The second-order valence-electron chi connectivity index (χ2n) is 23.2. The van der Waals surface area contributed by atoms with Gasteiger partial charge in [-0.1, -0.05) is 100 Å². The first-order valence-corrected chi connectivity index (χ1v) is 28.6. The topological polar surface area (TPSA) is 344 Å². The zero-order valence-corrected chi connectivity index (χ0v) is 49.2. The van der Waals surface area contributed by atoms with E-state index in [1.165, 1.54) is 32.9 Å². The highest BCUT2D eigenvalue weighted by atomic mass is 19.1. The fourth-order valence-corrected chi connectivity index (χ4v) is 12.6. The van der Waals surface area contributed by atoms with Crippen LogP contribution in [0.2, 0.25) is 0 Å². The van der Waals surface area contributed by atoms with Crippen LogP contribution in [0.5, 0.6) is 0 Å². The number of aliphatic hydroxyl groups excluding tert-OH is 4. The number of benzene rings is 3. The average Bonchev–Trinajstić information content (AvgIpc) is 0.980. The minimum Gasteiger partial charge on any atom is -0.456 e. The number of anilines is 1. The van der Waals surface area contributed by atoms with Crippen molar-refractivity contribution < 1.29 is 96.6 Å². The molecule has 0 radical (unpaired) electrons. The van der Waals surface area contributed by atoms with E-state index in [1.54, 1.807) is 92.7 Å². The van der Waals surface area contributed by atoms with E-state index >= 15 is 4.79 Å². The van der Waals surface area contributed by atoms with E-state index in [4.69, 9.17) is 33.2 Å². The number of carbonyl (C=O) groups excluding carboxylic acids is 7. The minimum atomic E-state index is -2.39. The van der Waals surface area contributed by atoms with Gasteiger partial charge in [0, 0.05) is 37.7 Å². The molecule has 9 rings (SSSR count). The maximum atomic E-state index is 15.5. The highest BCUT2D eigenvalue weighted by Crippen LogP contribution is 2.64. The number of Topliss-reactive ketones (excluding diaryl/α,β-unsaturated/α-hetero) is 1. The van der Waals surface area contributed by atoms with Crippen molar-refractivity contribution in [1.29, 1.82) is 0 Å². The SMILES string of the molecule is CC(=O)O[C@H]1C(=O)[C@@]2(C)[C@H]([C@H](OC(=O)c3ccccc3)[C@]3(O)C[C@H](OC(=O)[C@H](O)[C@@H](NC(=O)c4ccccc4)c4ccccc4)C(C)=C1C3(C)C)[C@]1(OC(C)=O)CO[C@@H]1C[C@@H]2O.CCCCCOC(=O)Nc1nc(=O)n([C@@H]2O[C@H](C)[C@@H](O)[C@H]2O)cc1F. The third-order valence-corrected chi connectivity index (χ3v) is 17.3. The summed E-state index contributed by atoms with van der Waals surface area (Å²) < 4.78 is 55.2. The Hall–Kier alpha value is -7.78. The van der Waals surface area contributed by atoms with Gasteiger partial charge < -0.3 is 64.0 Å². The van der Waals surface area contributed by atoms with Gasteiger partial charge in [-0.15, -0.1) is 0 Å². The summed E-state index contributed by atoms with van der Waals surface area (Å²) in [7, 11) is 0. The number of rotatable bonds is 16. The number of esters is 4. The van der Waals surface area contributed by atoms with Gasteiger partial charge in [0.25, 0.3) is 5.91 Å². The van der Waals surface area contributed by atoms with Crippen LogP contribution in [0.25, 0.3) is 0 Å². The second-order valence-corrected chi connectivity index (χ2v) is 23.2. The number of hydrogen-bond donors (Lipinski definition) is 7. The zero-order valence-electron chi connectivity index (χ0n) is 49.2. The van der Waals surface area contributed by atoms with Gasteiger partial charge in [-0.05, 0) is 68.2 Å². The number of carbonyl (C=O) groups is 7. The number of fused-ring (bicyclic) bond motifs is 5. The molecule has 3 heterocycles. The Morgan fingerprint density at radius 3 is 2.03 bits per heavy atom. The largest absolute Gasteiger partial charge is 0.456 e. The molecule has 24 nitrogen and oxygen atoms in total. The number of aliphatic hydroxyl groups is 5. The Morgan fingerprint density at radius 2 is 1.47 bits per heavy atom. The van der Waals surface area contributed by atoms with E-state index in [-0.39, 0.29) is 41.9 Å². The lowest BCUT2D eigenvalue weighted by atomic mass is 9.44. The van der Waals surface area contributed by atoms with E-state index in [0.717, 1.165) is 37.5 Å². The lowest BCUT2D eigenvalue weighted by molar-refractivity contribution is -0.346. The first kappa shape index (κ1) is 65.2. The molecule has 15 atom stereocenters. The van der Waals surface area contributed by atoms with Crippen LogP contribution >= 0.6 is 0 Å². The van der Waals surface area contributed by atoms with Gasteiger partial charge in [0.2, 0.25) is 0 Å². The smallest absolute Gasteiger partial charge is 0.412 e. The van der Waals surface area contributed by atoms with Crippen LogP contribution < -0.4 is 16.3 Å². The van der Waals surface area contributed by atoms with Crippen molar-refractivity contribution in [1.82, 2.24) is 14.9 Å². The molecule has 5 aliphatic rings. The number of ether oxygens (including phenoxy) is 7. The normalized spacial score (nSPS) is 30.1. The highest BCUT2D eigenvalue weighted by Gasteiger charge is 2.78. The molecule has 468 valence electrons. The number of ketones is 1. The number of amides is 2. The third-order valence-electron chi connectivity index (χ3n) is 17.3. The number of nitrogens with zero attached hydrogens (tertiary/aromatic N) is 2. The number of unbranched alkanes of at least 4 members (excludes halogenated alkanes) is 2. The van der Waals surface area contributed by atoms with Gasteiger partial charge >= 0.3 is 35.7 Å². The molecule has 4 fully saturated rings. The number of halogens is 1. The lowest BCUT2D eigenvalue weighted by Gasteiger charge is -2.67. The first-order valence-electron chi connectivity index (χ1n) is 28.6. The molecule has 0 spiro atoms. The van der Waals surface area contributed by atoms with Crippen molar-refractivity contribution in [2.75, 3.05) is 18.5 Å². The third kappa shape index (κ3) is 12.7. The van der Waals surface area contributed by atoms with Crippen molar-refractivity contribution in [3.8, 4) is 0 Å². The van der Waals surface area contributed by atoms with Gasteiger partial charge in [-0.25, -0.2) is 23.6 Å². The van der Waals surface area contributed by atoms with Gasteiger partial charge in [-0.2, -0.15) is 4.98 Å². The first-order chi connectivity index (χ1) is 41.1. The molecule has 2 amide bonds. The van der Waals surface area contributed by atoms with Crippen LogP contribution in [-0.4, -0.2) is 156 Å². The standard InChI is InChI=1S/C47H51NO14.C15H22FN3O6/c1-25-31(60-43(56)36(52)35(28-16-10-7-11-17-28)48-41(54)29-18-12-8-13-19-29)23-47(57)40(61-42(55)30-20-14-9-15-21-30)38-45(6,32(51)22-33-46(38,24-58-33)62-27(3)50)39(53)37(59-26(2)49)34(25)44(47,4)5;1-3-4-5-6-24-15(23)18-12-9(16)7-19(14(22)17-12)13-11(21)10(20)8(2)25-13/h7-21,31-33,35-38,40,51-52,57H,22-24H2,1-6H3,(H,48,54);7-8,10-11,13,20-21H,3-6H2,1-2H3,(H,17,18,22,23)/t31-,32-,33+,35-,36+,37+,38-,40-,45+,46-,47+;8-,10-,11-,13-/m01/s1. The molecule has 25 heteroatoms. The predicted octanol–water partition coefficient (Wildman–Crippen LogP) is 4.50. The summed E-state index contributed by atoms with van der Waals surface area (Å²) >= 11 is 0. The van der Waals surface area contributed by atoms with E-state index < -0.39 is 161 Å². The Morgan fingerprint density at radius 1 is 0.851 bits per heavy atom. The molecule has 7 N–H and O–H groups in total. The van der Waals surface area contributed by atoms with Gasteiger partial charge in [-0.3, -0.25) is 29.1 Å². The van der Waals surface area contributed by atoms with Crippen molar-refractivity contribution in [3.05, 3.63) is 141 Å². The van der Waals surface area contributed by atoms with Crippen molar-refractivity contribution >= 4 is 47.5 Å². The molecule has 2 aliphatic heterocycles. The molecule has 0 unspecified atom stereocenters.